The first-order valence-corrected chi connectivity index (χ1v) is 7.59. The van der Waals surface area contributed by atoms with E-state index in [2.05, 4.69) is 4.72 Å². The third kappa shape index (κ3) is 4.27. The lowest BCUT2D eigenvalue weighted by Crippen LogP contribution is -2.36. The second-order valence-corrected chi connectivity index (χ2v) is 7.32. The van der Waals surface area contributed by atoms with Gasteiger partial charge in [0.25, 0.3) is 0 Å². The number of aliphatic carboxylic acids is 1. The van der Waals surface area contributed by atoms with Gasteiger partial charge in [-0.15, -0.1) is 0 Å². The normalized spacial score (nSPS) is 26.1. The summed E-state index contributed by atoms with van der Waals surface area (Å²) in [7, 11) is -3.19. The van der Waals surface area contributed by atoms with Crippen LogP contribution in [0.3, 0.4) is 0 Å². The molecule has 5 nitrogen and oxygen atoms in total. The minimum absolute atomic E-state index is 0.243. The second-order valence-electron chi connectivity index (χ2n) is 5.00. The summed E-state index contributed by atoms with van der Waals surface area (Å²) in [6.45, 7) is 3.72. The molecule has 0 aromatic heterocycles. The van der Waals surface area contributed by atoms with Gasteiger partial charge in [0.1, 0.15) is 0 Å². The van der Waals surface area contributed by atoms with Gasteiger partial charge in [-0.05, 0) is 45.4 Å². The average molecular weight is 263 g/mol. The summed E-state index contributed by atoms with van der Waals surface area (Å²) >= 11 is 0. The van der Waals surface area contributed by atoms with Crippen LogP contribution >= 0.6 is 0 Å². The van der Waals surface area contributed by atoms with Crippen LogP contribution in [-0.2, 0) is 14.8 Å². The number of rotatable bonds is 5. The van der Waals surface area contributed by atoms with Crippen LogP contribution in [0.15, 0.2) is 0 Å². The van der Waals surface area contributed by atoms with Gasteiger partial charge in [-0.25, -0.2) is 13.1 Å². The van der Waals surface area contributed by atoms with Crippen molar-refractivity contribution >= 4 is 16.0 Å². The van der Waals surface area contributed by atoms with E-state index < -0.39 is 21.2 Å². The van der Waals surface area contributed by atoms with Crippen LogP contribution in [0, 0.1) is 11.8 Å². The van der Waals surface area contributed by atoms with Crippen LogP contribution in [0.4, 0.5) is 0 Å². The van der Waals surface area contributed by atoms with E-state index in [1.54, 1.807) is 13.8 Å². The molecular weight excluding hydrogens is 242 g/mol. The number of carboxylic acid groups (broad SMARTS) is 1. The Morgan fingerprint density at radius 3 is 2.24 bits per heavy atom. The number of sulfonamides is 1. The van der Waals surface area contributed by atoms with Crippen molar-refractivity contribution in [2.24, 2.45) is 11.8 Å². The Labute approximate surface area is 103 Å². The molecule has 0 radical (unpaired) electrons. The summed E-state index contributed by atoms with van der Waals surface area (Å²) in [4.78, 5) is 10.8. The highest BCUT2D eigenvalue weighted by molar-refractivity contribution is 7.90. The van der Waals surface area contributed by atoms with Gasteiger partial charge >= 0.3 is 5.97 Å². The fourth-order valence-corrected chi connectivity index (χ4v) is 2.82. The van der Waals surface area contributed by atoms with Gasteiger partial charge in [0.2, 0.25) is 10.0 Å². The molecule has 0 saturated heterocycles. The van der Waals surface area contributed by atoms with Crippen LogP contribution < -0.4 is 4.72 Å². The van der Waals surface area contributed by atoms with Gasteiger partial charge in [0.15, 0.2) is 0 Å². The molecule has 1 aliphatic rings. The predicted octanol–water partition coefficient (Wildman–Crippen LogP) is 1.21. The molecule has 1 saturated carbocycles. The molecule has 0 amide bonds. The SMILES string of the molecule is CC(C)S(=O)(=O)NC[C@H]1CC[C@H](C(=O)O)CC1. The smallest absolute Gasteiger partial charge is 0.306 e. The van der Waals surface area contributed by atoms with Gasteiger partial charge in [-0.1, -0.05) is 0 Å². The van der Waals surface area contributed by atoms with Crippen molar-refractivity contribution in [3.8, 4) is 0 Å². The van der Waals surface area contributed by atoms with Crippen molar-refractivity contribution in [2.75, 3.05) is 6.54 Å². The molecular formula is C11H21NO4S. The molecule has 1 aliphatic carbocycles. The highest BCUT2D eigenvalue weighted by atomic mass is 32.2. The summed E-state index contributed by atoms with van der Waals surface area (Å²) in [5.74, 6) is -0.696. The molecule has 2 N–H and O–H groups in total. The summed E-state index contributed by atoms with van der Waals surface area (Å²) < 4.78 is 25.7. The maximum absolute atomic E-state index is 11.5. The molecule has 0 spiro atoms. The zero-order chi connectivity index (χ0) is 13.1. The zero-order valence-electron chi connectivity index (χ0n) is 10.3. The molecule has 17 heavy (non-hydrogen) atoms. The molecule has 6 heteroatoms. The van der Waals surface area contributed by atoms with E-state index in [-0.39, 0.29) is 11.8 Å². The summed E-state index contributed by atoms with van der Waals surface area (Å²) in [5, 5.41) is 8.43. The highest BCUT2D eigenvalue weighted by Crippen LogP contribution is 2.28. The number of nitrogens with one attached hydrogen (secondary N) is 1. The third-order valence-corrected chi connectivity index (χ3v) is 5.20. The molecule has 0 aromatic carbocycles. The maximum atomic E-state index is 11.5. The third-order valence-electron chi connectivity index (χ3n) is 3.39. The van der Waals surface area contributed by atoms with E-state index >= 15 is 0 Å². The molecule has 0 bridgehead atoms. The largest absolute Gasteiger partial charge is 0.481 e. The van der Waals surface area contributed by atoms with E-state index in [1.807, 2.05) is 0 Å². The van der Waals surface area contributed by atoms with Gasteiger partial charge in [0, 0.05) is 6.54 Å². The lowest BCUT2D eigenvalue weighted by molar-refractivity contribution is -0.143. The lowest BCUT2D eigenvalue weighted by Gasteiger charge is -2.26. The van der Waals surface area contributed by atoms with Crippen LogP contribution in [-0.4, -0.2) is 31.3 Å². The molecule has 0 heterocycles. The molecule has 0 aliphatic heterocycles. The van der Waals surface area contributed by atoms with Gasteiger partial charge in [-0.3, -0.25) is 4.79 Å². The number of hydrogen-bond donors (Lipinski definition) is 2. The quantitative estimate of drug-likeness (QED) is 0.781. The Hall–Kier alpha value is -0.620. The average Bonchev–Trinajstić information content (AvgIpc) is 2.27. The van der Waals surface area contributed by atoms with Crippen LogP contribution in [0.2, 0.25) is 0 Å². The van der Waals surface area contributed by atoms with Crippen molar-refractivity contribution in [1.82, 2.24) is 4.72 Å². The molecule has 1 fully saturated rings. The van der Waals surface area contributed by atoms with Crippen molar-refractivity contribution in [3.05, 3.63) is 0 Å². The van der Waals surface area contributed by atoms with Gasteiger partial charge < -0.3 is 5.11 Å². The molecule has 0 unspecified atom stereocenters. The van der Waals surface area contributed by atoms with Crippen molar-refractivity contribution in [1.29, 1.82) is 0 Å². The lowest BCUT2D eigenvalue weighted by atomic mass is 9.82. The summed E-state index contributed by atoms with van der Waals surface area (Å²) in [6.07, 6.45) is 2.89. The summed E-state index contributed by atoms with van der Waals surface area (Å²) in [5.41, 5.74) is 0. The highest BCUT2D eigenvalue weighted by Gasteiger charge is 2.27. The molecule has 1 rings (SSSR count). The summed E-state index contributed by atoms with van der Waals surface area (Å²) in [6, 6.07) is 0. The topological polar surface area (TPSA) is 83.5 Å². The van der Waals surface area contributed by atoms with E-state index in [0.29, 0.717) is 19.4 Å². The monoisotopic (exact) mass is 263 g/mol. The first-order chi connectivity index (χ1) is 7.83. The van der Waals surface area contributed by atoms with Crippen molar-refractivity contribution < 1.29 is 18.3 Å². The number of carbonyl (C=O) groups is 1. The minimum Gasteiger partial charge on any atom is -0.481 e. The first-order valence-electron chi connectivity index (χ1n) is 6.04. The Balaban J connectivity index is 2.35. The molecule has 0 atom stereocenters. The van der Waals surface area contributed by atoms with Crippen LogP contribution in [0.25, 0.3) is 0 Å². The van der Waals surface area contributed by atoms with Gasteiger partial charge in [0.05, 0.1) is 11.2 Å². The zero-order valence-corrected chi connectivity index (χ0v) is 11.2. The Kier molecular flexibility index (Phi) is 4.94. The van der Waals surface area contributed by atoms with Crippen LogP contribution in [0.5, 0.6) is 0 Å². The Bertz CT molecular complexity index is 356. The van der Waals surface area contributed by atoms with Gasteiger partial charge in [-0.2, -0.15) is 0 Å². The molecule has 100 valence electrons. The minimum atomic E-state index is -3.19. The van der Waals surface area contributed by atoms with E-state index in [4.69, 9.17) is 5.11 Å². The van der Waals surface area contributed by atoms with E-state index in [9.17, 15) is 13.2 Å². The first kappa shape index (κ1) is 14.4. The fraction of sp³-hybridized carbons (Fsp3) is 0.909. The Morgan fingerprint density at radius 1 is 1.29 bits per heavy atom. The Morgan fingerprint density at radius 2 is 1.82 bits per heavy atom. The number of carboxylic acids is 1. The maximum Gasteiger partial charge on any atom is 0.306 e. The van der Waals surface area contributed by atoms with E-state index in [0.717, 1.165) is 12.8 Å². The predicted molar refractivity (Wildman–Crippen MR) is 65.1 cm³/mol. The standard InChI is InChI=1S/C11H21NO4S/c1-8(2)17(15,16)12-7-9-3-5-10(6-4-9)11(13)14/h8-10,12H,3-7H2,1-2H3,(H,13,14)/t9-,10-. The van der Waals surface area contributed by atoms with Crippen LogP contribution in [0.1, 0.15) is 39.5 Å². The number of hydrogen-bond acceptors (Lipinski definition) is 3. The van der Waals surface area contributed by atoms with Crippen molar-refractivity contribution in [3.63, 3.8) is 0 Å². The van der Waals surface area contributed by atoms with Crippen molar-refractivity contribution in [2.45, 2.75) is 44.8 Å². The second kappa shape index (κ2) is 5.82. The fourth-order valence-electron chi connectivity index (χ4n) is 2.01. The van der Waals surface area contributed by atoms with E-state index in [1.165, 1.54) is 0 Å². The molecule has 0 aromatic rings.